The van der Waals surface area contributed by atoms with Gasteiger partial charge in [-0.15, -0.1) is 0 Å². The van der Waals surface area contributed by atoms with Crippen molar-refractivity contribution in [3.63, 3.8) is 0 Å². The molecule has 6 heteroatoms. The van der Waals surface area contributed by atoms with E-state index in [2.05, 4.69) is 4.72 Å². The summed E-state index contributed by atoms with van der Waals surface area (Å²) in [7, 11) is -3.34. The zero-order valence-electron chi connectivity index (χ0n) is 6.49. The van der Waals surface area contributed by atoms with Crippen LogP contribution in [-0.4, -0.2) is 31.3 Å². The highest BCUT2D eigenvalue weighted by atomic mass is 32.2. The van der Waals surface area contributed by atoms with Crippen LogP contribution in [0.5, 0.6) is 0 Å². The van der Waals surface area contributed by atoms with Crippen molar-refractivity contribution in [1.29, 1.82) is 0 Å². The van der Waals surface area contributed by atoms with Crippen LogP contribution in [0.1, 0.15) is 19.3 Å². The van der Waals surface area contributed by atoms with Crippen molar-refractivity contribution in [2.45, 2.75) is 25.3 Å². The van der Waals surface area contributed by atoms with Gasteiger partial charge in [0.2, 0.25) is 10.0 Å². The molecule has 0 spiro atoms. The second-order valence-corrected chi connectivity index (χ2v) is 4.73. The van der Waals surface area contributed by atoms with Crippen LogP contribution in [0.2, 0.25) is 0 Å². The molecule has 1 rings (SSSR count). The van der Waals surface area contributed by atoms with Crippen molar-refractivity contribution < 1.29 is 18.3 Å². The maximum Gasteiger partial charge on any atom is 0.304 e. The van der Waals surface area contributed by atoms with Gasteiger partial charge in [0.1, 0.15) is 0 Å². The summed E-state index contributed by atoms with van der Waals surface area (Å²) in [5, 5.41) is 8.23. The Kier molecular flexibility index (Phi) is 2.69. The lowest BCUT2D eigenvalue weighted by molar-refractivity contribution is -0.136. The molecule has 0 aromatic heterocycles. The monoisotopic (exact) mass is 193 g/mol. The lowest BCUT2D eigenvalue weighted by atomic mass is 10.5. The molecular weight excluding hydrogens is 182 g/mol. The van der Waals surface area contributed by atoms with Crippen LogP contribution in [0.25, 0.3) is 0 Å². The summed E-state index contributed by atoms with van der Waals surface area (Å²) in [6.45, 7) is 0. The van der Waals surface area contributed by atoms with Crippen LogP contribution in [0.3, 0.4) is 0 Å². The van der Waals surface area contributed by atoms with Gasteiger partial charge in [-0.3, -0.25) is 4.79 Å². The first-order chi connectivity index (χ1) is 5.49. The molecule has 5 nitrogen and oxygen atoms in total. The minimum atomic E-state index is -3.34. The van der Waals surface area contributed by atoms with Crippen molar-refractivity contribution >= 4 is 16.0 Å². The summed E-state index contributed by atoms with van der Waals surface area (Å²) in [4.78, 5) is 10.1. The van der Waals surface area contributed by atoms with Crippen molar-refractivity contribution in [3.05, 3.63) is 0 Å². The van der Waals surface area contributed by atoms with Gasteiger partial charge in [-0.05, 0) is 12.8 Å². The Morgan fingerprint density at radius 2 is 2.08 bits per heavy atom. The Balaban J connectivity index is 2.31. The lowest BCUT2D eigenvalue weighted by Gasteiger charge is -2.01. The number of carboxylic acid groups (broad SMARTS) is 1. The van der Waals surface area contributed by atoms with E-state index in [0.29, 0.717) is 0 Å². The van der Waals surface area contributed by atoms with Crippen molar-refractivity contribution in [1.82, 2.24) is 4.72 Å². The number of hydrogen-bond acceptors (Lipinski definition) is 3. The van der Waals surface area contributed by atoms with Gasteiger partial charge in [0.05, 0.1) is 12.2 Å². The van der Waals surface area contributed by atoms with E-state index in [9.17, 15) is 13.2 Å². The SMILES string of the molecule is O=C(O)CCS(=O)(=O)NC1CC1. The average molecular weight is 193 g/mol. The van der Waals surface area contributed by atoms with Crippen LogP contribution < -0.4 is 4.72 Å². The Morgan fingerprint density at radius 1 is 1.50 bits per heavy atom. The molecular formula is C6H11NO4S. The number of hydrogen-bond donors (Lipinski definition) is 2. The van der Waals surface area contributed by atoms with E-state index < -0.39 is 16.0 Å². The van der Waals surface area contributed by atoms with E-state index in [1.807, 2.05) is 0 Å². The highest BCUT2D eigenvalue weighted by Crippen LogP contribution is 2.19. The number of carboxylic acids is 1. The molecule has 1 aliphatic rings. The van der Waals surface area contributed by atoms with Gasteiger partial charge in [-0.2, -0.15) is 0 Å². The predicted molar refractivity (Wildman–Crippen MR) is 42.2 cm³/mol. The fourth-order valence-electron chi connectivity index (χ4n) is 0.736. The Bertz CT molecular complexity index is 267. The van der Waals surface area contributed by atoms with Gasteiger partial charge in [-0.25, -0.2) is 13.1 Å². The minimum absolute atomic E-state index is 0.0591. The predicted octanol–water partition coefficient (Wildman–Crippen LogP) is -0.457. The number of nitrogens with one attached hydrogen (secondary N) is 1. The number of rotatable bonds is 5. The maximum absolute atomic E-state index is 11.0. The van der Waals surface area contributed by atoms with Crippen LogP contribution in [-0.2, 0) is 14.8 Å². The highest BCUT2D eigenvalue weighted by molar-refractivity contribution is 7.89. The van der Waals surface area contributed by atoms with E-state index in [1.54, 1.807) is 0 Å². The molecule has 1 fully saturated rings. The summed E-state index contributed by atoms with van der Waals surface area (Å²) in [6.07, 6.45) is 1.40. The summed E-state index contributed by atoms with van der Waals surface area (Å²) < 4.78 is 24.4. The molecule has 0 bridgehead atoms. The molecule has 0 heterocycles. The standard InChI is InChI=1S/C6H11NO4S/c8-6(9)3-4-12(10,11)7-5-1-2-5/h5,7H,1-4H2,(H,8,9). The average Bonchev–Trinajstić information content (AvgIpc) is 2.67. The first-order valence-corrected chi connectivity index (χ1v) is 5.36. The molecule has 2 N–H and O–H groups in total. The Labute approximate surface area is 70.8 Å². The minimum Gasteiger partial charge on any atom is -0.481 e. The van der Waals surface area contributed by atoms with Gasteiger partial charge >= 0.3 is 5.97 Å². The first-order valence-electron chi connectivity index (χ1n) is 3.71. The van der Waals surface area contributed by atoms with Crippen molar-refractivity contribution in [2.24, 2.45) is 0 Å². The largest absolute Gasteiger partial charge is 0.481 e. The van der Waals surface area contributed by atoms with Gasteiger partial charge in [-0.1, -0.05) is 0 Å². The molecule has 0 aromatic carbocycles. The van der Waals surface area contributed by atoms with Crippen LogP contribution in [0, 0.1) is 0 Å². The Morgan fingerprint density at radius 3 is 2.50 bits per heavy atom. The smallest absolute Gasteiger partial charge is 0.304 e. The molecule has 0 aliphatic heterocycles. The third-order valence-corrected chi connectivity index (χ3v) is 2.94. The van der Waals surface area contributed by atoms with Crippen LogP contribution in [0.15, 0.2) is 0 Å². The number of carbonyl (C=O) groups is 1. The van der Waals surface area contributed by atoms with E-state index in [-0.39, 0.29) is 18.2 Å². The van der Waals surface area contributed by atoms with Crippen LogP contribution >= 0.6 is 0 Å². The van der Waals surface area contributed by atoms with E-state index >= 15 is 0 Å². The zero-order chi connectivity index (χ0) is 9.19. The fraction of sp³-hybridized carbons (Fsp3) is 0.833. The topological polar surface area (TPSA) is 83.5 Å². The third kappa shape index (κ3) is 3.68. The zero-order valence-corrected chi connectivity index (χ0v) is 7.30. The van der Waals surface area contributed by atoms with Crippen molar-refractivity contribution in [3.8, 4) is 0 Å². The summed E-state index contributed by atoms with van der Waals surface area (Å²) >= 11 is 0. The molecule has 0 unspecified atom stereocenters. The van der Waals surface area contributed by atoms with Crippen LogP contribution in [0.4, 0.5) is 0 Å². The fourth-order valence-corrected chi connectivity index (χ4v) is 2.04. The molecule has 0 amide bonds. The Hall–Kier alpha value is -0.620. The number of sulfonamides is 1. The lowest BCUT2D eigenvalue weighted by Crippen LogP contribution is -2.29. The molecule has 70 valence electrons. The molecule has 0 radical (unpaired) electrons. The van der Waals surface area contributed by atoms with E-state index in [0.717, 1.165) is 12.8 Å². The summed E-state index contributed by atoms with van der Waals surface area (Å²) in [6, 6.07) is 0.0591. The van der Waals surface area contributed by atoms with E-state index in [4.69, 9.17) is 5.11 Å². The van der Waals surface area contributed by atoms with Crippen molar-refractivity contribution in [2.75, 3.05) is 5.75 Å². The van der Waals surface area contributed by atoms with E-state index in [1.165, 1.54) is 0 Å². The maximum atomic E-state index is 11.0. The van der Waals surface area contributed by atoms with Gasteiger partial charge in [0.15, 0.2) is 0 Å². The molecule has 1 aliphatic carbocycles. The third-order valence-electron chi connectivity index (χ3n) is 1.51. The highest BCUT2D eigenvalue weighted by Gasteiger charge is 2.26. The molecule has 1 saturated carbocycles. The first kappa shape index (κ1) is 9.47. The summed E-state index contributed by atoms with van der Waals surface area (Å²) in [5.41, 5.74) is 0. The normalized spacial score (nSPS) is 17.7. The quantitative estimate of drug-likeness (QED) is 0.619. The second-order valence-electron chi connectivity index (χ2n) is 2.85. The van der Waals surface area contributed by atoms with Gasteiger partial charge < -0.3 is 5.11 Å². The summed E-state index contributed by atoms with van der Waals surface area (Å²) in [5.74, 6) is -1.41. The van der Waals surface area contributed by atoms with Gasteiger partial charge in [0.25, 0.3) is 0 Å². The molecule has 0 saturated heterocycles. The molecule has 0 atom stereocenters. The second kappa shape index (κ2) is 3.40. The molecule has 12 heavy (non-hydrogen) atoms. The number of aliphatic carboxylic acids is 1. The molecule has 0 aromatic rings. The van der Waals surface area contributed by atoms with Gasteiger partial charge in [0, 0.05) is 6.04 Å².